The number of fused-ring (bicyclic) bond motifs is 1. The summed E-state index contributed by atoms with van der Waals surface area (Å²) in [6.45, 7) is 4.03. The molecule has 2 aromatic rings. The molecule has 2 aromatic carbocycles. The number of anilines is 1. The summed E-state index contributed by atoms with van der Waals surface area (Å²) >= 11 is 0. The van der Waals surface area contributed by atoms with E-state index in [1.54, 1.807) is 13.8 Å². The molecule has 1 aliphatic heterocycles. The molecule has 0 aliphatic carbocycles. The summed E-state index contributed by atoms with van der Waals surface area (Å²) in [5.74, 6) is -0.0782. The van der Waals surface area contributed by atoms with Crippen LogP contribution < -0.4 is 14.4 Å². The average Bonchev–Trinajstić information content (AvgIpc) is 2.84. The maximum atomic E-state index is 13.4. The first-order valence-electron chi connectivity index (χ1n) is 11.9. The van der Waals surface area contributed by atoms with Crippen LogP contribution >= 0.6 is 0 Å². The largest absolute Gasteiger partial charge is 0.493 e. The quantitative estimate of drug-likeness (QED) is 0.372. The third-order valence-electron chi connectivity index (χ3n) is 6.40. The van der Waals surface area contributed by atoms with Gasteiger partial charge in [0.25, 0.3) is 0 Å². The Morgan fingerprint density at radius 2 is 1.49 bits per heavy atom. The Balaban J connectivity index is 2.17. The summed E-state index contributed by atoms with van der Waals surface area (Å²) < 4.78 is 96.6. The first kappa shape index (κ1) is 29.9. The standard InChI is InChI=1S/C26H28F6N2O5/c1-6-39-24(36)34-14(2)7-20(19-11-22(37-4)23(38-5)12-21(19)34)33(15(3)35)13-16-8-17(25(27,28)29)10-18(9-16)26(30,31)32/h8-12,14,20H,6-7,13H2,1-5H3/t14-,20+/m1/s1. The van der Waals surface area contributed by atoms with Crippen molar-refractivity contribution in [2.75, 3.05) is 25.7 Å². The van der Waals surface area contributed by atoms with Gasteiger partial charge in [-0.3, -0.25) is 9.69 Å². The van der Waals surface area contributed by atoms with Crippen molar-refractivity contribution in [3.8, 4) is 11.5 Å². The van der Waals surface area contributed by atoms with E-state index in [9.17, 15) is 35.9 Å². The summed E-state index contributed by atoms with van der Waals surface area (Å²) in [7, 11) is 2.76. The van der Waals surface area contributed by atoms with E-state index in [1.807, 2.05) is 0 Å². The molecule has 13 heteroatoms. The molecular weight excluding hydrogens is 534 g/mol. The van der Waals surface area contributed by atoms with Crippen molar-refractivity contribution in [2.45, 2.75) is 58.2 Å². The first-order valence-corrected chi connectivity index (χ1v) is 11.9. The van der Waals surface area contributed by atoms with Gasteiger partial charge in [-0.15, -0.1) is 0 Å². The van der Waals surface area contributed by atoms with Gasteiger partial charge < -0.3 is 19.1 Å². The van der Waals surface area contributed by atoms with E-state index in [0.717, 1.165) is 0 Å². The Labute approximate surface area is 221 Å². The SMILES string of the molecule is CCOC(=O)N1c2cc(OC)c(OC)cc2[C@@H](N(Cc2cc(C(F)(F)F)cc(C(F)(F)F)c2)C(C)=O)C[C@H]1C. The van der Waals surface area contributed by atoms with Gasteiger partial charge in [-0.25, -0.2) is 4.79 Å². The van der Waals surface area contributed by atoms with Crippen molar-refractivity contribution < 1.29 is 50.1 Å². The maximum Gasteiger partial charge on any atom is 0.416 e. The minimum atomic E-state index is -5.03. The lowest BCUT2D eigenvalue weighted by Gasteiger charge is -2.43. The van der Waals surface area contributed by atoms with Crippen molar-refractivity contribution in [3.63, 3.8) is 0 Å². The van der Waals surface area contributed by atoms with Crippen molar-refractivity contribution in [1.29, 1.82) is 0 Å². The lowest BCUT2D eigenvalue weighted by Crippen LogP contribution is -2.47. The topological polar surface area (TPSA) is 68.3 Å². The molecule has 214 valence electrons. The highest BCUT2D eigenvalue weighted by Gasteiger charge is 2.41. The predicted octanol–water partition coefficient (Wildman–Crippen LogP) is 6.59. The van der Waals surface area contributed by atoms with Crippen LogP contribution in [0.1, 0.15) is 55.5 Å². The molecular formula is C26H28F6N2O5. The Bertz CT molecular complexity index is 1200. The van der Waals surface area contributed by atoms with Crippen LogP contribution in [-0.2, 0) is 28.4 Å². The number of amides is 2. The monoisotopic (exact) mass is 562 g/mol. The molecule has 0 fully saturated rings. The Hall–Kier alpha value is -3.64. The van der Waals surface area contributed by atoms with Crippen molar-refractivity contribution >= 4 is 17.7 Å². The summed E-state index contributed by atoms with van der Waals surface area (Å²) in [6.07, 6.45) is -10.6. The molecule has 1 aliphatic rings. The molecule has 1 heterocycles. The maximum absolute atomic E-state index is 13.4. The molecule has 2 amide bonds. The van der Waals surface area contributed by atoms with E-state index in [0.29, 0.717) is 23.4 Å². The van der Waals surface area contributed by atoms with E-state index < -0.39 is 54.1 Å². The highest BCUT2D eigenvalue weighted by atomic mass is 19.4. The van der Waals surface area contributed by atoms with Crippen LogP contribution in [0.25, 0.3) is 0 Å². The van der Waals surface area contributed by atoms with Crippen molar-refractivity contribution in [3.05, 3.63) is 52.6 Å². The number of hydrogen-bond acceptors (Lipinski definition) is 5. The number of halogens is 6. The van der Waals surface area contributed by atoms with E-state index in [1.165, 1.54) is 43.1 Å². The first-order chi connectivity index (χ1) is 18.1. The fraction of sp³-hybridized carbons (Fsp3) is 0.462. The average molecular weight is 563 g/mol. The zero-order valence-electron chi connectivity index (χ0n) is 21.9. The molecule has 0 saturated carbocycles. The number of methoxy groups -OCH3 is 2. The van der Waals surface area contributed by atoms with Crippen LogP contribution in [0.15, 0.2) is 30.3 Å². The highest BCUT2D eigenvalue weighted by Crippen LogP contribution is 2.46. The normalized spacial score (nSPS) is 17.4. The van der Waals surface area contributed by atoms with E-state index in [-0.39, 0.29) is 36.2 Å². The highest BCUT2D eigenvalue weighted by molar-refractivity contribution is 5.91. The van der Waals surface area contributed by atoms with Crippen LogP contribution in [0.3, 0.4) is 0 Å². The molecule has 0 spiro atoms. The van der Waals surface area contributed by atoms with Gasteiger partial charge in [0, 0.05) is 31.1 Å². The van der Waals surface area contributed by atoms with Gasteiger partial charge >= 0.3 is 18.4 Å². The number of ether oxygens (including phenoxy) is 3. The molecule has 0 aromatic heterocycles. The summed E-state index contributed by atoms with van der Waals surface area (Å²) in [4.78, 5) is 28.2. The number of nitrogens with zero attached hydrogens (tertiary/aromatic N) is 2. The Morgan fingerprint density at radius 3 is 1.95 bits per heavy atom. The van der Waals surface area contributed by atoms with Crippen LogP contribution in [0.4, 0.5) is 36.8 Å². The van der Waals surface area contributed by atoms with Crippen LogP contribution in [0.5, 0.6) is 11.5 Å². The van der Waals surface area contributed by atoms with Crippen molar-refractivity contribution in [2.24, 2.45) is 0 Å². The minimum absolute atomic E-state index is 0.0357. The molecule has 39 heavy (non-hydrogen) atoms. The van der Waals surface area contributed by atoms with Crippen LogP contribution in [-0.4, -0.2) is 43.8 Å². The third-order valence-corrected chi connectivity index (χ3v) is 6.40. The lowest BCUT2D eigenvalue weighted by molar-refractivity contribution is -0.143. The number of carbonyl (C=O) groups is 2. The van der Waals surface area contributed by atoms with Gasteiger partial charge in [0.1, 0.15) is 0 Å². The number of carbonyl (C=O) groups excluding carboxylic acids is 2. The predicted molar refractivity (Wildman–Crippen MR) is 129 cm³/mol. The Kier molecular flexibility index (Phi) is 8.61. The van der Waals surface area contributed by atoms with Gasteiger partial charge in [-0.05, 0) is 50.1 Å². The second kappa shape index (κ2) is 11.2. The van der Waals surface area contributed by atoms with Gasteiger partial charge in [0.05, 0.1) is 43.7 Å². The Morgan fingerprint density at radius 1 is 0.949 bits per heavy atom. The zero-order chi connectivity index (χ0) is 29.3. The van der Waals surface area contributed by atoms with Gasteiger partial charge in [0.2, 0.25) is 5.91 Å². The van der Waals surface area contributed by atoms with Gasteiger partial charge in [0.15, 0.2) is 11.5 Å². The number of rotatable bonds is 6. The molecule has 0 bridgehead atoms. The number of hydrogen-bond donors (Lipinski definition) is 0. The molecule has 0 radical (unpaired) electrons. The molecule has 2 atom stereocenters. The fourth-order valence-corrected chi connectivity index (χ4v) is 4.67. The van der Waals surface area contributed by atoms with E-state index in [2.05, 4.69) is 0 Å². The summed E-state index contributed by atoms with van der Waals surface area (Å²) in [5.41, 5.74) is -2.62. The fourth-order valence-electron chi connectivity index (χ4n) is 4.67. The number of alkyl halides is 6. The summed E-state index contributed by atoms with van der Waals surface area (Å²) in [6, 6.07) is 2.87. The second-order valence-electron chi connectivity index (χ2n) is 9.00. The number of benzene rings is 2. The van der Waals surface area contributed by atoms with E-state index >= 15 is 0 Å². The van der Waals surface area contributed by atoms with Crippen LogP contribution in [0, 0.1) is 0 Å². The molecule has 0 saturated heterocycles. The second-order valence-corrected chi connectivity index (χ2v) is 9.00. The van der Waals surface area contributed by atoms with Gasteiger partial charge in [-0.2, -0.15) is 26.3 Å². The summed E-state index contributed by atoms with van der Waals surface area (Å²) in [5, 5.41) is 0. The van der Waals surface area contributed by atoms with Crippen LogP contribution in [0.2, 0.25) is 0 Å². The molecule has 0 unspecified atom stereocenters. The van der Waals surface area contributed by atoms with E-state index in [4.69, 9.17) is 14.2 Å². The van der Waals surface area contributed by atoms with Gasteiger partial charge in [-0.1, -0.05) is 0 Å². The zero-order valence-corrected chi connectivity index (χ0v) is 21.9. The molecule has 0 N–H and O–H groups in total. The molecule has 7 nitrogen and oxygen atoms in total. The smallest absolute Gasteiger partial charge is 0.416 e. The molecule has 3 rings (SSSR count). The minimum Gasteiger partial charge on any atom is -0.493 e. The third kappa shape index (κ3) is 6.34. The van der Waals surface area contributed by atoms with Crippen molar-refractivity contribution in [1.82, 2.24) is 4.90 Å². The lowest BCUT2D eigenvalue weighted by atomic mass is 9.89.